The molecule has 0 N–H and O–H groups in total. The summed E-state index contributed by atoms with van der Waals surface area (Å²) in [4.78, 5) is 2.46. The Hall–Kier alpha value is -1.14. The topological polar surface area (TPSA) is 47.1 Å². The average Bonchev–Trinajstić information content (AvgIpc) is 3.09. The molecular formula is C15H21BrN4O. The monoisotopic (exact) mass is 352 g/mol. The highest BCUT2D eigenvalue weighted by Gasteiger charge is 2.28. The minimum Gasteiger partial charge on any atom is -0.453 e. The summed E-state index contributed by atoms with van der Waals surface area (Å²) in [6.45, 7) is 5.08. The van der Waals surface area contributed by atoms with Crippen LogP contribution >= 0.6 is 15.9 Å². The lowest BCUT2D eigenvalue weighted by molar-refractivity contribution is 0.120. The predicted molar refractivity (Wildman–Crippen MR) is 83.7 cm³/mol. The Morgan fingerprint density at radius 2 is 2.29 bits per heavy atom. The molecule has 3 rings (SSSR count). The summed E-state index contributed by atoms with van der Waals surface area (Å²) in [5.41, 5.74) is 0. The molecule has 6 heteroatoms. The molecule has 0 unspecified atom stereocenters. The van der Waals surface area contributed by atoms with E-state index in [0.29, 0.717) is 6.04 Å². The van der Waals surface area contributed by atoms with Crippen LogP contribution in [0.4, 0.5) is 0 Å². The Labute approximate surface area is 133 Å². The lowest BCUT2D eigenvalue weighted by Crippen LogP contribution is -2.34. The molecule has 5 nitrogen and oxygen atoms in total. The van der Waals surface area contributed by atoms with Gasteiger partial charge in [0.2, 0.25) is 0 Å². The average molecular weight is 353 g/mol. The van der Waals surface area contributed by atoms with E-state index < -0.39 is 0 Å². The third-order valence-electron chi connectivity index (χ3n) is 4.01. The number of hydrogen-bond acceptors (Lipinski definition) is 4. The Bertz CT molecular complexity index is 580. The van der Waals surface area contributed by atoms with E-state index in [-0.39, 0.29) is 0 Å². The van der Waals surface area contributed by atoms with Gasteiger partial charge in [-0.2, -0.15) is 0 Å². The van der Waals surface area contributed by atoms with Crippen LogP contribution in [-0.4, -0.2) is 26.2 Å². The molecule has 0 amide bonds. The van der Waals surface area contributed by atoms with Crippen LogP contribution in [0.25, 0.3) is 0 Å². The van der Waals surface area contributed by atoms with Gasteiger partial charge >= 0.3 is 0 Å². The zero-order valence-corrected chi connectivity index (χ0v) is 13.9. The molecule has 0 aliphatic carbocycles. The molecule has 0 aromatic carbocycles. The number of hydrogen-bond donors (Lipinski definition) is 0. The maximum absolute atomic E-state index is 5.66. The molecule has 0 saturated carbocycles. The number of halogens is 1. The lowest BCUT2D eigenvalue weighted by atomic mass is 10.0. The van der Waals surface area contributed by atoms with E-state index >= 15 is 0 Å². The van der Waals surface area contributed by atoms with Gasteiger partial charge in [0.15, 0.2) is 4.67 Å². The fourth-order valence-electron chi connectivity index (χ4n) is 3.04. The second-order valence-electron chi connectivity index (χ2n) is 5.57. The third-order valence-corrected chi connectivity index (χ3v) is 4.44. The summed E-state index contributed by atoms with van der Waals surface area (Å²) >= 11 is 3.37. The fraction of sp³-hybridized carbons (Fsp3) is 0.600. The zero-order valence-electron chi connectivity index (χ0n) is 12.3. The van der Waals surface area contributed by atoms with Crippen molar-refractivity contribution in [1.82, 2.24) is 19.7 Å². The van der Waals surface area contributed by atoms with E-state index in [9.17, 15) is 0 Å². The van der Waals surface area contributed by atoms with Crippen molar-refractivity contribution in [3.63, 3.8) is 0 Å². The van der Waals surface area contributed by atoms with Crippen LogP contribution in [0.15, 0.2) is 27.5 Å². The molecule has 0 spiro atoms. The summed E-state index contributed by atoms with van der Waals surface area (Å²) in [6.07, 6.45) is 6.59. The molecule has 2 aromatic rings. The number of aromatic nitrogens is 3. The first-order valence-electron chi connectivity index (χ1n) is 7.64. The highest BCUT2D eigenvalue weighted by atomic mass is 79.9. The smallest absolute Gasteiger partial charge is 0.169 e. The largest absolute Gasteiger partial charge is 0.453 e. The van der Waals surface area contributed by atoms with Crippen LogP contribution in [0, 0.1) is 0 Å². The first-order valence-corrected chi connectivity index (χ1v) is 8.43. The summed E-state index contributed by atoms with van der Waals surface area (Å²) < 4.78 is 8.65. The van der Waals surface area contributed by atoms with Crippen molar-refractivity contribution in [3.8, 4) is 0 Å². The van der Waals surface area contributed by atoms with Crippen LogP contribution in [-0.2, 0) is 13.1 Å². The second kappa shape index (κ2) is 6.75. The molecule has 21 heavy (non-hydrogen) atoms. The Balaban J connectivity index is 1.79. The SMILES string of the molecule is CCCn1cnnc1[C@H]1CCCCN1Cc1ccc(Br)o1. The van der Waals surface area contributed by atoms with E-state index in [1.165, 1.54) is 12.8 Å². The van der Waals surface area contributed by atoms with E-state index in [1.54, 1.807) is 0 Å². The van der Waals surface area contributed by atoms with E-state index in [4.69, 9.17) is 4.42 Å². The number of rotatable bonds is 5. The molecule has 0 bridgehead atoms. The summed E-state index contributed by atoms with van der Waals surface area (Å²) in [5, 5.41) is 8.50. The number of furan rings is 1. The number of nitrogens with zero attached hydrogens (tertiary/aromatic N) is 4. The van der Waals surface area contributed by atoms with Crippen molar-refractivity contribution in [2.45, 2.75) is 51.7 Å². The highest BCUT2D eigenvalue weighted by Crippen LogP contribution is 2.31. The van der Waals surface area contributed by atoms with Gasteiger partial charge in [-0.05, 0) is 53.9 Å². The molecule has 3 heterocycles. The molecular weight excluding hydrogens is 332 g/mol. The van der Waals surface area contributed by atoms with E-state index in [0.717, 1.165) is 48.7 Å². The van der Waals surface area contributed by atoms with Crippen LogP contribution in [0.3, 0.4) is 0 Å². The van der Waals surface area contributed by atoms with Crippen LogP contribution in [0.2, 0.25) is 0 Å². The molecule has 0 radical (unpaired) electrons. The van der Waals surface area contributed by atoms with Crippen molar-refractivity contribution < 1.29 is 4.42 Å². The number of piperidine rings is 1. The van der Waals surface area contributed by atoms with Crippen LogP contribution < -0.4 is 0 Å². The molecule has 114 valence electrons. The van der Waals surface area contributed by atoms with Gasteiger partial charge in [0.1, 0.15) is 17.9 Å². The zero-order chi connectivity index (χ0) is 14.7. The highest BCUT2D eigenvalue weighted by molar-refractivity contribution is 9.10. The first kappa shape index (κ1) is 14.8. The number of likely N-dealkylation sites (tertiary alicyclic amines) is 1. The maximum Gasteiger partial charge on any atom is 0.169 e. The van der Waals surface area contributed by atoms with E-state index in [2.05, 4.69) is 42.5 Å². The molecule has 1 aliphatic heterocycles. The van der Waals surface area contributed by atoms with Crippen molar-refractivity contribution in [3.05, 3.63) is 34.7 Å². The standard InChI is InChI=1S/C15H21BrN4O/c1-2-8-20-11-17-18-15(20)13-5-3-4-9-19(13)10-12-6-7-14(16)21-12/h6-7,11,13H,2-5,8-10H2,1H3/t13-/m1/s1. The number of aryl methyl sites for hydroxylation is 1. The Morgan fingerprint density at radius 1 is 1.38 bits per heavy atom. The lowest BCUT2D eigenvalue weighted by Gasteiger charge is -2.34. The summed E-state index contributed by atoms with van der Waals surface area (Å²) in [6, 6.07) is 4.33. The van der Waals surface area contributed by atoms with Gasteiger partial charge in [-0.25, -0.2) is 0 Å². The van der Waals surface area contributed by atoms with Gasteiger partial charge in [-0.15, -0.1) is 10.2 Å². The normalized spacial score (nSPS) is 20.0. The van der Waals surface area contributed by atoms with Gasteiger partial charge in [-0.3, -0.25) is 4.90 Å². The third kappa shape index (κ3) is 3.37. The van der Waals surface area contributed by atoms with E-state index in [1.807, 2.05) is 18.5 Å². The van der Waals surface area contributed by atoms with Crippen molar-refractivity contribution >= 4 is 15.9 Å². The summed E-state index contributed by atoms with van der Waals surface area (Å²) in [5.74, 6) is 2.09. The predicted octanol–water partition coefficient (Wildman–Crippen LogP) is 3.77. The minimum absolute atomic E-state index is 0.344. The molecule has 1 aliphatic rings. The molecule has 1 atom stereocenters. The maximum atomic E-state index is 5.66. The van der Waals surface area contributed by atoms with Gasteiger partial charge in [0, 0.05) is 6.54 Å². The van der Waals surface area contributed by atoms with Gasteiger partial charge in [0.05, 0.1) is 12.6 Å². The Kier molecular flexibility index (Phi) is 4.75. The second-order valence-corrected chi connectivity index (χ2v) is 6.35. The van der Waals surface area contributed by atoms with Crippen LogP contribution in [0.1, 0.15) is 50.2 Å². The molecule has 1 fully saturated rings. The van der Waals surface area contributed by atoms with Gasteiger partial charge in [-0.1, -0.05) is 13.3 Å². The van der Waals surface area contributed by atoms with Gasteiger partial charge in [0.25, 0.3) is 0 Å². The minimum atomic E-state index is 0.344. The van der Waals surface area contributed by atoms with Gasteiger partial charge < -0.3 is 8.98 Å². The Morgan fingerprint density at radius 3 is 3.05 bits per heavy atom. The quantitative estimate of drug-likeness (QED) is 0.821. The fourth-order valence-corrected chi connectivity index (χ4v) is 3.38. The molecule has 1 saturated heterocycles. The summed E-state index contributed by atoms with van der Waals surface area (Å²) in [7, 11) is 0. The first-order chi connectivity index (χ1) is 10.3. The molecule has 2 aromatic heterocycles. The van der Waals surface area contributed by atoms with Crippen molar-refractivity contribution in [2.75, 3.05) is 6.54 Å². The van der Waals surface area contributed by atoms with Crippen LogP contribution in [0.5, 0.6) is 0 Å². The van der Waals surface area contributed by atoms with Crippen molar-refractivity contribution in [2.24, 2.45) is 0 Å². The van der Waals surface area contributed by atoms with Crippen molar-refractivity contribution in [1.29, 1.82) is 0 Å².